The van der Waals surface area contributed by atoms with E-state index in [-0.39, 0.29) is 29.8 Å². The van der Waals surface area contributed by atoms with Crippen molar-refractivity contribution >= 4 is 40.4 Å². The van der Waals surface area contributed by atoms with Crippen LogP contribution in [0.25, 0.3) is 11.0 Å². The first-order valence-electron chi connectivity index (χ1n) is 9.58. The minimum Gasteiger partial charge on any atom is -0.344 e. The van der Waals surface area contributed by atoms with Crippen molar-refractivity contribution in [3.63, 3.8) is 0 Å². The van der Waals surface area contributed by atoms with Gasteiger partial charge in [0.05, 0.1) is 23.7 Å². The Hall–Kier alpha value is -3.20. The molecule has 0 aliphatic rings. The first-order valence-corrected chi connectivity index (χ1v) is 10.5. The van der Waals surface area contributed by atoms with Crippen molar-refractivity contribution in [1.82, 2.24) is 19.9 Å². The maximum Gasteiger partial charge on any atom is 0.328 e. The van der Waals surface area contributed by atoms with Gasteiger partial charge >= 0.3 is 5.69 Å². The smallest absolute Gasteiger partial charge is 0.328 e. The molecular formula is C21H25N5O3S. The number of aryl methyl sites for hydroxylation is 2. The van der Waals surface area contributed by atoms with Crippen LogP contribution in [0, 0.1) is 5.92 Å². The average Bonchev–Trinajstić information content (AvgIpc) is 3.29. The van der Waals surface area contributed by atoms with Gasteiger partial charge in [-0.2, -0.15) is 5.10 Å². The second-order valence-corrected chi connectivity index (χ2v) is 8.46. The van der Waals surface area contributed by atoms with Crippen LogP contribution in [-0.4, -0.2) is 33.2 Å². The molecule has 1 aromatic carbocycles. The molecule has 0 aliphatic heterocycles. The fourth-order valence-corrected chi connectivity index (χ4v) is 3.88. The van der Waals surface area contributed by atoms with Gasteiger partial charge in [-0.15, -0.1) is 11.3 Å². The lowest BCUT2D eigenvalue weighted by Gasteiger charge is -2.20. The van der Waals surface area contributed by atoms with Crippen LogP contribution in [0.3, 0.4) is 0 Å². The van der Waals surface area contributed by atoms with Gasteiger partial charge in [0, 0.05) is 19.0 Å². The number of carbonyl (C=O) groups excluding carboxylic acids is 2. The maximum atomic E-state index is 12.5. The van der Waals surface area contributed by atoms with Crippen molar-refractivity contribution in [2.24, 2.45) is 25.1 Å². The van der Waals surface area contributed by atoms with E-state index in [4.69, 9.17) is 0 Å². The van der Waals surface area contributed by atoms with E-state index in [2.05, 4.69) is 15.8 Å². The Bertz CT molecular complexity index is 1140. The lowest BCUT2D eigenvalue weighted by molar-refractivity contribution is -0.129. The second kappa shape index (κ2) is 9.08. The first kappa shape index (κ1) is 21.5. The highest BCUT2D eigenvalue weighted by Gasteiger charge is 2.24. The van der Waals surface area contributed by atoms with Gasteiger partial charge in [0.1, 0.15) is 6.04 Å². The fraction of sp³-hybridized carbons (Fsp3) is 0.333. The molecule has 0 saturated heterocycles. The topological polar surface area (TPSA) is 97.5 Å². The zero-order valence-electron chi connectivity index (χ0n) is 17.4. The predicted molar refractivity (Wildman–Crippen MR) is 119 cm³/mol. The number of carbonyl (C=O) groups is 2. The van der Waals surface area contributed by atoms with Crippen LogP contribution >= 0.6 is 11.3 Å². The van der Waals surface area contributed by atoms with Crippen molar-refractivity contribution in [3.05, 3.63) is 56.6 Å². The number of nitrogens with one attached hydrogen (secondary N) is 2. The van der Waals surface area contributed by atoms with E-state index in [0.29, 0.717) is 0 Å². The summed E-state index contributed by atoms with van der Waals surface area (Å²) in [6.45, 7) is 3.73. The Kier molecular flexibility index (Phi) is 6.51. The third-order valence-corrected chi connectivity index (χ3v) is 5.74. The molecule has 158 valence electrons. The van der Waals surface area contributed by atoms with Crippen molar-refractivity contribution in [3.8, 4) is 0 Å². The molecule has 0 bridgehead atoms. The van der Waals surface area contributed by atoms with Gasteiger partial charge in [-0.25, -0.2) is 10.2 Å². The maximum absolute atomic E-state index is 12.5. The normalized spacial score (nSPS) is 12.6. The molecule has 0 radical (unpaired) electrons. The van der Waals surface area contributed by atoms with Gasteiger partial charge in [-0.1, -0.05) is 26.0 Å². The molecule has 1 atom stereocenters. The second-order valence-electron chi connectivity index (χ2n) is 7.43. The molecular weight excluding hydrogens is 402 g/mol. The van der Waals surface area contributed by atoms with E-state index < -0.39 is 6.04 Å². The van der Waals surface area contributed by atoms with Crippen molar-refractivity contribution in [2.45, 2.75) is 26.3 Å². The molecule has 2 aromatic heterocycles. The molecule has 2 N–H and O–H groups in total. The van der Waals surface area contributed by atoms with E-state index in [1.165, 1.54) is 17.6 Å². The Morgan fingerprint density at radius 1 is 1.17 bits per heavy atom. The van der Waals surface area contributed by atoms with E-state index in [1.54, 1.807) is 23.2 Å². The van der Waals surface area contributed by atoms with E-state index in [1.807, 2.05) is 49.6 Å². The minimum absolute atomic E-state index is 0.0947. The number of aromatic nitrogens is 2. The van der Waals surface area contributed by atoms with E-state index in [9.17, 15) is 14.4 Å². The fourth-order valence-electron chi connectivity index (χ4n) is 3.17. The monoisotopic (exact) mass is 427 g/mol. The van der Waals surface area contributed by atoms with Crippen LogP contribution in [0.4, 0.5) is 0 Å². The quantitative estimate of drug-likeness (QED) is 0.444. The Balaban J connectivity index is 1.65. The third-order valence-electron chi connectivity index (χ3n) is 4.86. The summed E-state index contributed by atoms with van der Waals surface area (Å²) in [5, 5.41) is 8.72. The van der Waals surface area contributed by atoms with Crippen LogP contribution in [0.1, 0.15) is 24.3 Å². The number of amides is 2. The third kappa shape index (κ3) is 4.68. The highest BCUT2D eigenvalue weighted by atomic mass is 32.1. The van der Waals surface area contributed by atoms with Gasteiger partial charge < -0.3 is 5.32 Å². The summed E-state index contributed by atoms with van der Waals surface area (Å²) in [5.74, 6) is -0.678. The zero-order chi connectivity index (χ0) is 21.8. The number of hydrogen-bond acceptors (Lipinski definition) is 5. The van der Waals surface area contributed by atoms with Gasteiger partial charge in [0.2, 0.25) is 5.91 Å². The molecule has 3 aromatic rings. The van der Waals surface area contributed by atoms with Gasteiger partial charge in [0.25, 0.3) is 5.91 Å². The Morgan fingerprint density at radius 2 is 1.90 bits per heavy atom. The van der Waals surface area contributed by atoms with E-state index >= 15 is 0 Å². The first-order chi connectivity index (χ1) is 14.3. The SMILES string of the molecule is CC(C)C(NC(=O)Cc1cccs1)C(=O)NN=Cc1ccc2c(c1)n(C)c(=O)n2C. The molecule has 1 unspecified atom stereocenters. The molecule has 2 amide bonds. The molecule has 9 heteroatoms. The van der Waals surface area contributed by atoms with Crippen molar-refractivity contribution in [2.75, 3.05) is 0 Å². The molecule has 2 heterocycles. The largest absolute Gasteiger partial charge is 0.344 e. The van der Waals surface area contributed by atoms with Gasteiger partial charge in [-0.3, -0.25) is 18.7 Å². The number of thiophene rings is 1. The summed E-state index contributed by atoms with van der Waals surface area (Å²) in [7, 11) is 3.43. The summed E-state index contributed by atoms with van der Waals surface area (Å²) >= 11 is 1.50. The standard InChI is InChI=1S/C21H25N5O3S/c1-13(2)19(23-18(27)11-15-6-5-9-30-15)20(28)24-22-12-14-7-8-16-17(10-14)26(4)21(29)25(16)3/h5-10,12-13,19H,11H2,1-4H3,(H,23,27)(H,24,28). The van der Waals surface area contributed by atoms with E-state index in [0.717, 1.165) is 21.5 Å². The van der Waals surface area contributed by atoms with Crippen LogP contribution in [0.2, 0.25) is 0 Å². The summed E-state index contributed by atoms with van der Waals surface area (Å²) < 4.78 is 3.13. The van der Waals surface area contributed by atoms with Crippen LogP contribution < -0.4 is 16.4 Å². The summed E-state index contributed by atoms with van der Waals surface area (Å²) in [6, 6.07) is 8.57. The summed E-state index contributed by atoms with van der Waals surface area (Å²) in [4.78, 5) is 37.8. The Morgan fingerprint density at radius 3 is 2.57 bits per heavy atom. The highest BCUT2D eigenvalue weighted by Crippen LogP contribution is 2.13. The highest BCUT2D eigenvalue weighted by molar-refractivity contribution is 7.10. The molecule has 0 spiro atoms. The number of hydrazone groups is 1. The molecule has 0 aliphatic carbocycles. The molecule has 0 fully saturated rings. The van der Waals surface area contributed by atoms with Gasteiger partial charge in [0.15, 0.2) is 0 Å². The molecule has 30 heavy (non-hydrogen) atoms. The summed E-state index contributed by atoms with van der Waals surface area (Å²) in [5.41, 5.74) is 4.73. The number of benzene rings is 1. The average molecular weight is 428 g/mol. The number of hydrogen-bond donors (Lipinski definition) is 2. The number of fused-ring (bicyclic) bond motifs is 1. The minimum atomic E-state index is -0.688. The summed E-state index contributed by atoms with van der Waals surface area (Å²) in [6.07, 6.45) is 1.76. The Labute approximate surface area is 178 Å². The molecule has 8 nitrogen and oxygen atoms in total. The lowest BCUT2D eigenvalue weighted by Crippen LogP contribution is -2.49. The van der Waals surface area contributed by atoms with Crippen molar-refractivity contribution < 1.29 is 9.59 Å². The number of rotatable bonds is 7. The zero-order valence-corrected chi connectivity index (χ0v) is 18.2. The molecule has 3 rings (SSSR count). The molecule has 0 saturated carbocycles. The predicted octanol–water partition coefficient (Wildman–Crippen LogP) is 1.77. The number of imidazole rings is 1. The van der Waals surface area contributed by atoms with Crippen LogP contribution in [0.5, 0.6) is 0 Å². The van der Waals surface area contributed by atoms with Crippen LogP contribution in [-0.2, 0) is 30.1 Å². The van der Waals surface area contributed by atoms with Crippen molar-refractivity contribution in [1.29, 1.82) is 0 Å². The van der Waals surface area contributed by atoms with Gasteiger partial charge in [-0.05, 0) is 35.1 Å². The lowest BCUT2D eigenvalue weighted by atomic mass is 10.0. The number of nitrogens with zero attached hydrogens (tertiary/aromatic N) is 3. The van der Waals surface area contributed by atoms with Crippen LogP contribution in [0.15, 0.2) is 45.6 Å².